The van der Waals surface area contributed by atoms with Crippen molar-refractivity contribution in [1.29, 1.82) is 0 Å². The number of rotatable bonds is 7. The number of benzene rings is 1. The second-order valence-electron chi connectivity index (χ2n) is 4.74. The summed E-state index contributed by atoms with van der Waals surface area (Å²) in [6, 6.07) is 5.52. The predicted molar refractivity (Wildman–Crippen MR) is 71.8 cm³/mol. The van der Waals surface area contributed by atoms with E-state index in [1.165, 1.54) is 0 Å². The minimum Gasteiger partial charge on any atom is -0.507 e. The smallest absolute Gasteiger partial charge is 0.123 e. The maximum Gasteiger partial charge on any atom is 0.123 e. The Labute approximate surface area is 109 Å². The maximum atomic E-state index is 9.83. The van der Waals surface area contributed by atoms with Gasteiger partial charge in [-0.25, -0.2) is 0 Å². The molecular weight excluding hydrogens is 230 g/mol. The number of aliphatic hydroxyl groups is 1. The number of aromatic hydroxyl groups is 1. The van der Waals surface area contributed by atoms with E-state index < -0.39 is 0 Å². The largest absolute Gasteiger partial charge is 0.507 e. The van der Waals surface area contributed by atoms with Gasteiger partial charge in [-0.05, 0) is 18.4 Å². The first kappa shape index (κ1) is 14.8. The second-order valence-corrected chi connectivity index (χ2v) is 4.74. The number of phenolic OH excluding ortho intramolecular Hbond substituents is 1. The van der Waals surface area contributed by atoms with Gasteiger partial charge in [0, 0.05) is 30.8 Å². The van der Waals surface area contributed by atoms with Crippen molar-refractivity contribution in [2.24, 2.45) is 5.92 Å². The summed E-state index contributed by atoms with van der Waals surface area (Å²) in [5, 5.41) is 22.2. The highest BCUT2D eigenvalue weighted by Crippen LogP contribution is 2.23. The van der Waals surface area contributed by atoms with Crippen molar-refractivity contribution in [1.82, 2.24) is 5.32 Å². The predicted octanol–water partition coefficient (Wildman–Crippen LogP) is 1.90. The number of phenols is 1. The lowest BCUT2D eigenvalue weighted by atomic mass is 10.0. The number of hydrogen-bond donors (Lipinski definition) is 3. The van der Waals surface area contributed by atoms with Crippen molar-refractivity contribution in [2.45, 2.75) is 32.9 Å². The van der Waals surface area contributed by atoms with Gasteiger partial charge in [-0.1, -0.05) is 19.9 Å². The van der Waals surface area contributed by atoms with Gasteiger partial charge in [0.05, 0.1) is 7.11 Å². The molecule has 4 nitrogen and oxygen atoms in total. The number of methoxy groups -OCH3 is 1. The van der Waals surface area contributed by atoms with Crippen LogP contribution in [0.1, 0.15) is 25.8 Å². The molecule has 0 fully saturated rings. The number of nitrogens with one attached hydrogen (secondary N) is 1. The summed E-state index contributed by atoms with van der Waals surface area (Å²) >= 11 is 0. The van der Waals surface area contributed by atoms with Gasteiger partial charge in [0.2, 0.25) is 0 Å². The Morgan fingerprint density at radius 3 is 2.56 bits per heavy atom. The Kier molecular flexibility index (Phi) is 5.95. The van der Waals surface area contributed by atoms with Crippen molar-refractivity contribution in [2.75, 3.05) is 13.7 Å². The fourth-order valence-electron chi connectivity index (χ4n) is 1.87. The Bertz CT molecular complexity index is 366. The molecule has 0 bridgehead atoms. The lowest BCUT2D eigenvalue weighted by Crippen LogP contribution is -2.34. The lowest BCUT2D eigenvalue weighted by molar-refractivity contribution is 0.243. The summed E-state index contributed by atoms with van der Waals surface area (Å²) in [6.07, 6.45) is 0.717. The first-order valence-corrected chi connectivity index (χ1v) is 6.28. The summed E-state index contributed by atoms with van der Waals surface area (Å²) in [5.41, 5.74) is 0.833. The molecule has 3 N–H and O–H groups in total. The number of hydrogen-bond acceptors (Lipinski definition) is 4. The minimum atomic E-state index is 0.171. The molecule has 1 unspecified atom stereocenters. The van der Waals surface area contributed by atoms with Gasteiger partial charge in [-0.15, -0.1) is 0 Å². The highest BCUT2D eigenvalue weighted by Gasteiger charge is 2.13. The molecule has 0 saturated carbocycles. The monoisotopic (exact) mass is 253 g/mol. The molecule has 102 valence electrons. The molecule has 0 radical (unpaired) electrons. The van der Waals surface area contributed by atoms with Gasteiger partial charge >= 0.3 is 0 Å². The van der Waals surface area contributed by atoms with Crippen LogP contribution in [0.3, 0.4) is 0 Å². The van der Waals surface area contributed by atoms with Crippen LogP contribution in [-0.2, 0) is 6.54 Å². The molecule has 1 aromatic carbocycles. The fraction of sp³-hybridized carbons (Fsp3) is 0.571. The third-order valence-corrected chi connectivity index (χ3v) is 3.09. The van der Waals surface area contributed by atoms with E-state index in [0.29, 0.717) is 24.6 Å². The van der Waals surface area contributed by atoms with Crippen LogP contribution in [0, 0.1) is 5.92 Å². The normalized spacial score (nSPS) is 12.7. The zero-order chi connectivity index (χ0) is 13.5. The van der Waals surface area contributed by atoms with Gasteiger partial charge in [0.15, 0.2) is 0 Å². The van der Waals surface area contributed by atoms with E-state index in [1.807, 2.05) is 12.1 Å². The molecule has 0 saturated heterocycles. The summed E-state index contributed by atoms with van der Waals surface area (Å²) in [7, 11) is 1.57. The molecule has 0 heterocycles. The molecule has 0 spiro atoms. The summed E-state index contributed by atoms with van der Waals surface area (Å²) < 4.78 is 5.04. The van der Waals surface area contributed by atoms with Gasteiger partial charge in [-0.3, -0.25) is 0 Å². The van der Waals surface area contributed by atoms with E-state index in [1.54, 1.807) is 13.2 Å². The van der Waals surface area contributed by atoms with E-state index in [0.717, 1.165) is 5.56 Å². The first-order valence-electron chi connectivity index (χ1n) is 6.28. The van der Waals surface area contributed by atoms with Crippen molar-refractivity contribution in [3.63, 3.8) is 0 Å². The van der Waals surface area contributed by atoms with Gasteiger partial charge < -0.3 is 20.3 Å². The SMILES string of the molecule is COc1ccc(CNC(CCO)C(C)C)c(O)c1. The van der Waals surface area contributed by atoms with Crippen LogP contribution in [0.4, 0.5) is 0 Å². The summed E-state index contributed by atoms with van der Waals surface area (Å²) in [6.45, 7) is 4.98. The molecular formula is C14H23NO3. The van der Waals surface area contributed by atoms with E-state index >= 15 is 0 Å². The maximum absolute atomic E-state index is 9.83. The molecule has 0 aliphatic carbocycles. The van der Waals surface area contributed by atoms with Crippen molar-refractivity contribution in [3.05, 3.63) is 23.8 Å². The summed E-state index contributed by atoms with van der Waals surface area (Å²) in [4.78, 5) is 0. The highest BCUT2D eigenvalue weighted by molar-refractivity contribution is 5.39. The second kappa shape index (κ2) is 7.24. The van der Waals surface area contributed by atoms with Crippen molar-refractivity contribution >= 4 is 0 Å². The van der Waals surface area contributed by atoms with Crippen LogP contribution in [0.25, 0.3) is 0 Å². The van der Waals surface area contributed by atoms with Crippen LogP contribution >= 0.6 is 0 Å². The lowest BCUT2D eigenvalue weighted by Gasteiger charge is -2.22. The third-order valence-electron chi connectivity index (χ3n) is 3.09. The number of aliphatic hydroxyl groups excluding tert-OH is 1. The molecule has 18 heavy (non-hydrogen) atoms. The third kappa shape index (κ3) is 4.20. The zero-order valence-electron chi connectivity index (χ0n) is 11.3. The van der Waals surface area contributed by atoms with Crippen LogP contribution in [0.15, 0.2) is 18.2 Å². The molecule has 1 atom stereocenters. The topological polar surface area (TPSA) is 61.7 Å². The van der Waals surface area contributed by atoms with Crippen molar-refractivity contribution < 1.29 is 14.9 Å². The zero-order valence-corrected chi connectivity index (χ0v) is 11.3. The van der Waals surface area contributed by atoms with Gasteiger partial charge in [-0.2, -0.15) is 0 Å². The standard InChI is InChI=1S/C14H23NO3/c1-10(2)13(6-7-16)15-9-11-4-5-12(18-3)8-14(11)17/h4-5,8,10,13,15-17H,6-7,9H2,1-3H3. The van der Waals surface area contributed by atoms with Gasteiger partial charge in [0.1, 0.15) is 11.5 Å². The van der Waals surface area contributed by atoms with E-state index in [-0.39, 0.29) is 18.4 Å². The van der Waals surface area contributed by atoms with Crippen LogP contribution in [0.5, 0.6) is 11.5 Å². The van der Waals surface area contributed by atoms with Crippen molar-refractivity contribution in [3.8, 4) is 11.5 Å². The Hall–Kier alpha value is -1.26. The average Bonchev–Trinajstić information content (AvgIpc) is 2.35. The Morgan fingerprint density at radius 1 is 1.33 bits per heavy atom. The summed E-state index contributed by atoms with van der Waals surface area (Å²) in [5.74, 6) is 1.32. The van der Waals surface area contributed by atoms with E-state index in [2.05, 4.69) is 19.2 Å². The molecule has 1 aromatic rings. The molecule has 4 heteroatoms. The highest BCUT2D eigenvalue weighted by atomic mass is 16.5. The molecule has 0 aliphatic rings. The molecule has 0 aromatic heterocycles. The first-order chi connectivity index (χ1) is 8.58. The van der Waals surface area contributed by atoms with Crippen LogP contribution in [-0.4, -0.2) is 30.0 Å². The molecule has 1 rings (SSSR count). The molecule has 0 amide bonds. The molecule has 0 aliphatic heterocycles. The Balaban J connectivity index is 2.61. The number of ether oxygens (including phenoxy) is 1. The minimum absolute atomic E-state index is 0.171. The average molecular weight is 253 g/mol. The van der Waals surface area contributed by atoms with Gasteiger partial charge in [0.25, 0.3) is 0 Å². The quantitative estimate of drug-likeness (QED) is 0.694. The Morgan fingerprint density at radius 2 is 2.06 bits per heavy atom. The van der Waals surface area contributed by atoms with Crippen LogP contribution in [0.2, 0.25) is 0 Å². The van der Waals surface area contributed by atoms with E-state index in [9.17, 15) is 5.11 Å². The fourth-order valence-corrected chi connectivity index (χ4v) is 1.87. The van der Waals surface area contributed by atoms with E-state index in [4.69, 9.17) is 9.84 Å². The van der Waals surface area contributed by atoms with Crippen LogP contribution < -0.4 is 10.1 Å².